The molecule has 1 N–H and O–H groups in total. The second-order valence-corrected chi connectivity index (χ2v) is 6.73. The van der Waals surface area contributed by atoms with E-state index in [1.54, 1.807) is 33.7 Å². The van der Waals surface area contributed by atoms with E-state index in [4.69, 9.17) is 11.6 Å². The zero-order valence-electron chi connectivity index (χ0n) is 14.3. The van der Waals surface area contributed by atoms with Crippen LogP contribution in [-0.4, -0.2) is 39.2 Å². The van der Waals surface area contributed by atoms with Gasteiger partial charge in [0.05, 0.1) is 10.5 Å². The van der Waals surface area contributed by atoms with Gasteiger partial charge in [-0.25, -0.2) is 9.37 Å². The minimum Gasteiger partial charge on any atom is -0.336 e. The third-order valence-corrected chi connectivity index (χ3v) is 4.82. The Morgan fingerprint density at radius 3 is 2.67 bits per heavy atom. The van der Waals surface area contributed by atoms with E-state index in [9.17, 15) is 14.0 Å². The molecule has 0 atom stereocenters. The second kappa shape index (κ2) is 7.00. The largest absolute Gasteiger partial charge is 0.336 e. The SMILES string of the molecule is O=C(Nc1ccc(F)c(Cl)c1)c1nc(C(=O)N2CCCC2)n2ccccc12. The number of carbonyl (C=O) groups excluding carboxylic acids is 2. The quantitative estimate of drug-likeness (QED) is 0.747. The van der Waals surface area contributed by atoms with Gasteiger partial charge in [0.15, 0.2) is 5.69 Å². The number of likely N-dealkylation sites (tertiary alicyclic amines) is 1. The average Bonchev–Trinajstić information content (AvgIpc) is 3.32. The van der Waals surface area contributed by atoms with Gasteiger partial charge in [0.2, 0.25) is 5.82 Å². The van der Waals surface area contributed by atoms with Crippen LogP contribution in [0.25, 0.3) is 5.52 Å². The number of fused-ring (bicyclic) bond motifs is 1. The molecule has 4 rings (SSSR count). The van der Waals surface area contributed by atoms with Crippen LogP contribution < -0.4 is 5.32 Å². The predicted molar refractivity (Wildman–Crippen MR) is 99.7 cm³/mol. The molecule has 1 aliphatic rings. The van der Waals surface area contributed by atoms with Crippen molar-refractivity contribution >= 4 is 34.6 Å². The molecule has 0 saturated carbocycles. The highest BCUT2D eigenvalue weighted by Crippen LogP contribution is 2.22. The first-order chi connectivity index (χ1) is 13.0. The van der Waals surface area contributed by atoms with E-state index in [0.29, 0.717) is 24.3 Å². The zero-order valence-corrected chi connectivity index (χ0v) is 15.0. The van der Waals surface area contributed by atoms with Gasteiger partial charge in [-0.1, -0.05) is 17.7 Å². The van der Waals surface area contributed by atoms with E-state index in [1.165, 1.54) is 18.2 Å². The highest BCUT2D eigenvalue weighted by molar-refractivity contribution is 6.31. The fourth-order valence-electron chi connectivity index (χ4n) is 3.18. The Bertz CT molecular complexity index is 1040. The van der Waals surface area contributed by atoms with Crippen LogP contribution in [0.1, 0.15) is 33.9 Å². The molecule has 0 unspecified atom stereocenters. The van der Waals surface area contributed by atoms with E-state index in [-0.39, 0.29) is 22.4 Å². The van der Waals surface area contributed by atoms with Gasteiger partial charge < -0.3 is 10.2 Å². The standard InChI is InChI=1S/C19H16ClFN4O2/c20-13-11-12(6-7-14(13)21)22-18(26)16-15-5-1-2-10-25(15)17(23-16)19(27)24-8-3-4-9-24/h1-2,5-7,10-11H,3-4,8-9H2,(H,22,26). The smallest absolute Gasteiger partial charge is 0.290 e. The highest BCUT2D eigenvalue weighted by Gasteiger charge is 2.26. The van der Waals surface area contributed by atoms with Gasteiger partial charge in [-0.05, 0) is 43.2 Å². The van der Waals surface area contributed by atoms with Crippen LogP contribution in [0.4, 0.5) is 10.1 Å². The van der Waals surface area contributed by atoms with Crippen LogP contribution in [0.5, 0.6) is 0 Å². The number of aromatic nitrogens is 2. The minimum atomic E-state index is -0.569. The molecule has 2 amide bonds. The summed E-state index contributed by atoms with van der Waals surface area (Å²) in [6, 6.07) is 9.17. The highest BCUT2D eigenvalue weighted by atomic mass is 35.5. The number of hydrogen-bond donors (Lipinski definition) is 1. The number of rotatable bonds is 3. The van der Waals surface area contributed by atoms with Gasteiger partial charge >= 0.3 is 0 Å². The summed E-state index contributed by atoms with van der Waals surface area (Å²) >= 11 is 5.76. The van der Waals surface area contributed by atoms with Crippen LogP contribution in [0.3, 0.4) is 0 Å². The Morgan fingerprint density at radius 2 is 1.93 bits per heavy atom. The van der Waals surface area contributed by atoms with E-state index >= 15 is 0 Å². The number of amides is 2. The molecule has 0 radical (unpaired) electrons. The molecule has 1 saturated heterocycles. The van der Waals surface area contributed by atoms with Gasteiger partial charge in [-0.15, -0.1) is 0 Å². The Kier molecular flexibility index (Phi) is 4.53. The van der Waals surface area contributed by atoms with Crippen LogP contribution in [0, 0.1) is 5.82 Å². The van der Waals surface area contributed by atoms with Gasteiger partial charge in [0, 0.05) is 25.0 Å². The molecule has 3 heterocycles. The summed E-state index contributed by atoms with van der Waals surface area (Å²) in [7, 11) is 0. The number of carbonyl (C=O) groups is 2. The summed E-state index contributed by atoms with van der Waals surface area (Å²) in [6.45, 7) is 1.38. The summed E-state index contributed by atoms with van der Waals surface area (Å²) in [4.78, 5) is 31.6. The lowest BCUT2D eigenvalue weighted by atomic mass is 10.2. The first-order valence-corrected chi connectivity index (χ1v) is 8.95. The molecule has 0 bridgehead atoms. The lowest BCUT2D eigenvalue weighted by Gasteiger charge is -2.13. The number of nitrogens with zero attached hydrogens (tertiary/aromatic N) is 3. The molecule has 1 aromatic carbocycles. The van der Waals surface area contributed by atoms with Gasteiger partial charge in [-0.2, -0.15) is 0 Å². The topological polar surface area (TPSA) is 66.7 Å². The van der Waals surface area contributed by atoms with Crippen molar-refractivity contribution in [3.05, 3.63) is 65.0 Å². The van der Waals surface area contributed by atoms with Crippen LogP contribution in [0.15, 0.2) is 42.6 Å². The fourth-order valence-corrected chi connectivity index (χ4v) is 3.36. The van der Waals surface area contributed by atoms with Crippen LogP contribution in [-0.2, 0) is 0 Å². The molecule has 138 valence electrons. The molecular weight excluding hydrogens is 371 g/mol. The monoisotopic (exact) mass is 386 g/mol. The third-order valence-electron chi connectivity index (χ3n) is 4.53. The van der Waals surface area contributed by atoms with E-state index in [0.717, 1.165) is 12.8 Å². The summed E-state index contributed by atoms with van der Waals surface area (Å²) in [5, 5.41) is 2.56. The minimum absolute atomic E-state index is 0.0904. The Morgan fingerprint density at radius 1 is 1.15 bits per heavy atom. The predicted octanol–water partition coefficient (Wildman–Crippen LogP) is 3.62. The van der Waals surface area contributed by atoms with Crippen molar-refractivity contribution in [1.29, 1.82) is 0 Å². The number of anilines is 1. The molecule has 0 aliphatic carbocycles. The number of pyridine rings is 1. The van der Waals surface area contributed by atoms with Crippen molar-refractivity contribution in [2.45, 2.75) is 12.8 Å². The molecule has 8 heteroatoms. The van der Waals surface area contributed by atoms with Crippen LogP contribution >= 0.6 is 11.6 Å². The average molecular weight is 387 g/mol. The maximum atomic E-state index is 13.3. The molecule has 1 fully saturated rings. The molecule has 2 aromatic heterocycles. The normalized spacial score (nSPS) is 13.9. The summed E-state index contributed by atoms with van der Waals surface area (Å²) in [5.41, 5.74) is 0.986. The van der Waals surface area contributed by atoms with Crippen molar-refractivity contribution < 1.29 is 14.0 Å². The lowest BCUT2D eigenvalue weighted by molar-refractivity contribution is 0.0780. The number of benzene rings is 1. The van der Waals surface area contributed by atoms with E-state index in [1.807, 2.05) is 0 Å². The van der Waals surface area contributed by atoms with E-state index < -0.39 is 11.7 Å². The number of imidazole rings is 1. The summed E-state index contributed by atoms with van der Waals surface area (Å²) < 4.78 is 14.9. The summed E-state index contributed by atoms with van der Waals surface area (Å²) in [5.74, 6) is -1.06. The maximum Gasteiger partial charge on any atom is 0.290 e. The molecule has 27 heavy (non-hydrogen) atoms. The number of hydrogen-bond acceptors (Lipinski definition) is 3. The van der Waals surface area contributed by atoms with Crippen molar-refractivity contribution in [3.63, 3.8) is 0 Å². The molecule has 1 aliphatic heterocycles. The Hall–Kier alpha value is -2.93. The maximum absolute atomic E-state index is 13.3. The van der Waals surface area contributed by atoms with Gasteiger partial charge in [-0.3, -0.25) is 14.0 Å². The third kappa shape index (κ3) is 3.26. The first-order valence-electron chi connectivity index (χ1n) is 8.57. The van der Waals surface area contributed by atoms with Gasteiger partial charge in [0.1, 0.15) is 5.82 Å². The van der Waals surface area contributed by atoms with Gasteiger partial charge in [0.25, 0.3) is 11.8 Å². The molecule has 0 spiro atoms. The van der Waals surface area contributed by atoms with Crippen molar-refractivity contribution in [3.8, 4) is 0 Å². The van der Waals surface area contributed by atoms with E-state index in [2.05, 4.69) is 10.3 Å². The first kappa shape index (κ1) is 17.5. The van der Waals surface area contributed by atoms with Crippen molar-refractivity contribution in [2.24, 2.45) is 0 Å². The van der Waals surface area contributed by atoms with Crippen LogP contribution in [0.2, 0.25) is 5.02 Å². The summed E-state index contributed by atoms with van der Waals surface area (Å²) in [6.07, 6.45) is 3.64. The second-order valence-electron chi connectivity index (χ2n) is 6.32. The lowest BCUT2D eigenvalue weighted by Crippen LogP contribution is -2.29. The Balaban J connectivity index is 1.69. The Labute approximate surface area is 159 Å². The fraction of sp³-hybridized carbons (Fsp3) is 0.211. The molecular formula is C19H16ClFN4O2. The molecule has 6 nitrogen and oxygen atoms in total. The zero-order chi connectivity index (χ0) is 19.0. The molecule has 3 aromatic rings. The number of nitrogens with one attached hydrogen (secondary N) is 1. The van der Waals surface area contributed by atoms with Crippen molar-refractivity contribution in [1.82, 2.24) is 14.3 Å². The number of halogens is 2. The van der Waals surface area contributed by atoms with Crippen molar-refractivity contribution in [2.75, 3.05) is 18.4 Å².